The molecular formula is C10H10ClNOS. The third-order valence-corrected chi connectivity index (χ3v) is 3.20. The van der Waals surface area contributed by atoms with E-state index in [1.54, 1.807) is 0 Å². The summed E-state index contributed by atoms with van der Waals surface area (Å²) in [5.74, 6) is 0.682. The predicted molar refractivity (Wildman–Crippen MR) is 61.5 cm³/mol. The van der Waals surface area contributed by atoms with Crippen molar-refractivity contribution in [3.63, 3.8) is 0 Å². The van der Waals surface area contributed by atoms with Crippen molar-refractivity contribution >= 4 is 33.2 Å². The van der Waals surface area contributed by atoms with Gasteiger partial charge < -0.3 is 4.98 Å². The van der Waals surface area contributed by atoms with Crippen LogP contribution in [0.4, 0.5) is 0 Å². The molecule has 0 aliphatic heterocycles. The van der Waals surface area contributed by atoms with Crippen molar-refractivity contribution in [2.45, 2.75) is 12.8 Å². The average Bonchev–Trinajstić information content (AvgIpc) is 2.54. The summed E-state index contributed by atoms with van der Waals surface area (Å²) < 4.78 is 1.03. The molecule has 1 aromatic carbocycles. The molecule has 2 aromatic rings. The van der Waals surface area contributed by atoms with Crippen LogP contribution in [0.2, 0.25) is 0 Å². The summed E-state index contributed by atoms with van der Waals surface area (Å²) in [5.41, 5.74) is 2.17. The Labute approximate surface area is 90.5 Å². The molecule has 1 heterocycles. The van der Waals surface area contributed by atoms with Crippen molar-refractivity contribution in [3.8, 4) is 0 Å². The SMILES string of the molecule is O=c1[nH]c2ccc(CCCCl)cc2s1. The molecule has 4 heteroatoms. The van der Waals surface area contributed by atoms with Crippen molar-refractivity contribution < 1.29 is 0 Å². The minimum atomic E-state index is 0.00879. The van der Waals surface area contributed by atoms with Crippen LogP contribution in [0.5, 0.6) is 0 Å². The zero-order valence-corrected chi connectivity index (χ0v) is 9.12. The fourth-order valence-electron chi connectivity index (χ4n) is 1.42. The maximum atomic E-state index is 11.1. The molecule has 0 amide bonds. The summed E-state index contributed by atoms with van der Waals surface area (Å²) in [6, 6.07) is 6.05. The molecule has 2 nitrogen and oxygen atoms in total. The quantitative estimate of drug-likeness (QED) is 0.804. The van der Waals surface area contributed by atoms with Crippen molar-refractivity contribution in [2.24, 2.45) is 0 Å². The topological polar surface area (TPSA) is 32.9 Å². The largest absolute Gasteiger partial charge is 0.312 e. The molecule has 0 unspecified atom stereocenters. The van der Waals surface area contributed by atoms with Crippen LogP contribution in [0.15, 0.2) is 23.0 Å². The molecule has 74 valence electrons. The van der Waals surface area contributed by atoms with Crippen molar-refractivity contribution in [1.82, 2.24) is 4.98 Å². The lowest BCUT2D eigenvalue weighted by Crippen LogP contribution is -1.89. The van der Waals surface area contributed by atoms with Crippen molar-refractivity contribution in [2.75, 3.05) is 5.88 Å². The van der Waals surface area contributed by atoms with Gasteiger partial charge in [-0.3, -0.25) is 4.79 Å². The van der Waals surface area contributed by atoms with E-state index in [0.29, 0.717) is 5.88 Å². The average molecular weight is 228 g/mol. The van der Waals surface area contributed by atoms with Gasteiger partial charge in [-0.15, -0.1) is 11.6 Å². The third-order valence-electron chi connectivity index (χ3n) is 2.08. The summed E-state index contributed by atoms with van der Waals surface area (Å²) >= 11 is 6.88. The number of aromatic nitrogens is 1. The second kappa shape index (κ2) is 4.15. The predicted octanol–water partition coefficient (Wildman–Crippen LogP) is 2.76. The van der Waals surface area contributed by atoms with Gasteiger partial charge in [0.15, 0.2) is 0 Å². The van der Waals surface area contributed by atoms with Gasteiger partial charge in [0.05, 0.1) is 10.2 Å². The van der Waals surface area contributed by atoms with E-state index in [2.05, 4.69) is 11.1 Å². The van der Waals surface area contributed by atoms with Gasteiger partial charge in [0.25, 0.3) is 0 Å². The second-order valence-corrected chi connectivity index (χ2v) is 4.53. The fourth-order valence-corrected chi connectivity index (χ4v) is 2.35. The number of alkyl halides is 1. The lowest BCUT2D eigenvalue weighted by molar-refractivity contribution is 0.931. The van der Waals surface area contributed by atoms with Gasteiger partial charge in [-0.25, -0.2) is 0 Å². The molecule has 0 bridgehead atoms. The maximum Gasteiger partial charge on any atom is 0.305 e. The van der Waals surface area contributed by atoms with Gasteiger partial charge in [0.2, 0.25) is 0 Å². The summed E-state index contributed by atoms with van der Waals surface area (Å²) in [4.78, 5) is 13.8. The number of hydrogen-bond acceptors (Lipinski definition) is 2. The van der Waals surface area contributed by atoms with E-state index in [1.807, 2.05) is 12.1 Å². The van der Waals surface area contributed by atoms with Crippen LogP contribution < -0.4 is 4.87 Å². The van der Waals surface area contributed by atoms with E-state index in [0.717, 1.165) is 23.1 Å². The van der Waals surface area contributed by atoms with Crippen molar-refractivity contribution in [3.05, 3.63) is 33.4 Å². The number of aromatic amines is 1. The normalized spacial score (nSPS) is 10.9. The Bertz CT molecular complexity index is 488. The Morgan fingerprint density at radius 1 is 1.43 bits per heavy atom. The Kier molecular flexibility index (Phi) is 2.89. The molecule has 0 fully saturated rings. The number of hydrogen-bond donors (Lipinski definition) is 1. The Hall–Kier alpha value is -0.800. The van der Waals surface area contributed by atoms with Crippen LogP contribution in [-0.4, -0.2) is 10.9 Å². The number of rotatable bonds is 3. The summed E-state index contributed by atoms with van der Waals surface area (Å²) in [7, 11) is 0. The molecule has 14 heavy (non-hydrogen) atoms. The zero-order chi connectivity index (χ0) is 9.97. The van der Waals surface area contributed by atoms with Gasteiger partial charge in [-0.05, 0) is 30.5 Å². The maximum absolute atomic E-state index is 11.1. The number of thiazole rings is 1. The molecule has 0 atom stereocenters. The molecule has 1 N–H and O–H groups in total. The monoisotopic (exact) mass is 227 g/mol. The standard InChI is InChI=1S/C10H10ClNOS/c11-5-1-2-7-3-4-8-9(6-7)14-10(13)12-8/h3-4,6H,1-2,5H2,(H,12,13). The number of H-pyrrole nitrogens is 1. The highest BCUT2D eigenvalue weighted by atomic mass is 35.5. The molecule has 0 saturated heterocycles. The number of aryl methyl sites for hydroxylation is 1. The van der Waals surface area contributed by atoms with Crippen molar-refractivity contribution in [1.29, 1.82) is 0 Å². The van der Waals surface area contributed by atoms with Crippen LogP contribution in [-0.2, 0) is 6.42 Å². The molecular weight excluding hydrogens is 218 g/mol. The Morgan fingerprint density at radius 2 is 2.29 bits per heavy atom. The van der Waals surface area contributed by atoms with Crippen LogP contribution in [0.3, 0.4) is 0 Å². The second-order valence-electron chi connectivity index (χ2n) is 3.14. The first-order chi connectivity index (χ1) is 6.79. The van der Waals surface area contributed by atoms with E-state index in [1.165, 1.54) is 16.9 Å². The first-order valence-electron chi connectivity index (χ1n) is 4.47. The van der Waals surface area contributed by atoms with Gasteiger partial charge >= 0.3 is 4.87 Å². The molecule has 0 aliphatic carbocycles. The fraction of sp³-hybridized carbons (Fsp3) is 0.300. The van der Waals surface area contributed by atoms with Crippen LogP contribution in [0, 0.1) is 0 Å². The molecule has 2 rings (SSSR count). The highest BCUT2D eigenvalue weighted by Crippen LogP contribution is 2.17. The number of fused-ring (bicyclic) bond motifs is 1. The Balaban J connectivity index is 2.35. The van der Waals surface area contributed by atoms with Gasteiger partial charge in [0.1, 0.15) is 0 Å². The zero-order valence-electron chi connectivity index (χ0n) is 7.55. The van der Waals surface area contributed by atoms with E-state index < -0.39 is 0 Å². The lowest BCUT2D eigenvalue weighted by atomic mass is 10.1. The molecule has 0 radical (unpaired) electrons. The summed E-state index contributed by atoms with van der Waals surface area (Å²) in [6.07, 6.45) is 1.96. The molecule has 0 saturated carbocycles. The van der Waals surface area contributed by atoms with Crippen LogP contribution in [0.25, 0.3) is 10.2 Å². The first-order valence-corrected chi connectivity index (χ1v) is 5.82. The minimum absolute atomic E-state index is 0.00879. The summed E-state index contributed by atoms with van der Waals surface area (Å²) in [5, 5.41) is 0. The number of halogens is 1. The van der Waals surface area contributed by atoms with Gasteiger partial charge in [-0.1, -0.05) is 17.4 Å². The van der Waals surface area contributed by atoms with E-state index >= 15 is 0 Å². The van der Waals surface area contributed by atoms with Crippen LogP contribution in [0.1, 0.15) is 12.0 Å². The highest BCUT2D eigenvalue weighted by molar-refractivity contribution is 7.16. The lowest BCUT2D eigenvalue weighted by Gasteiger charge is -1.98. The number of benzene rings is 1. The minimum Gasteiger partial charge on any atom is -0.312 e. The molecule has 0 spiro atoms. The van der Waals surface area contributed by atoms with Gasteiger partial charge in [-0.2, -0.15) is 0 Å². The third kappa shape index (κ3) is 1.99. The Morgan fingerprint density at radius 3 is 3.07 bits per heavy atom. The smallest absolute Gasteiger partial charge is 0.305 e. The van der Waals surface area contributed by atoms with Gasteiger partial charge in [0, 0.05) is 5.88 Å². The van der Waals surface area contributed by atoms with Crippen LogP contribution >= 0.6 is 22.9 Å². The molecule has 0 aliphatic rings. The first kappa shape index (κ1) is 9.74. The number of nitrogens with one attached hydrogen (secondary N) is 1. The van der Waals surface area contributed by atoms with E-state index in [4.69, 9.17) is 11.6 Å². The highest BCUT2D eigenvalue weighted by Gasteiger charge is 2.00. The van der Waals surface area contributed by atoms with E-state index in [9.17, 15) is 4.79 Å². The molecule has 1 aromatic heterocycles. The van der Waals surface area contributed by atoms with E-state index in [-0.39, 0.29) is 4.87 Å². The summed E-state index contributed by atoms with van der Waals surface area (Å²) in [6.45, 7) is 0.